The Morgan fingerprint density at radius 1 is 1.18 bits per heavy atom. The molecule has 2 heterocycles. The Hall–Kier alpha value is -3.09. The zero-order chi connectivity index (χ0) is 15.5. The first-order valence-electron chi connectivity index (χ1n) is 6.55. The molecule has 22 heavy (non-hydrogen) atoms. The van der Waals surface area contributed by atoms with E-state index in [0.717, 1.165) is 0 Å². The van der Waals surface area contributed by atoms with Crippen LogP contribution in [0.1, 0.15) is 10.6 Å². The van der Waals surface area contributed by atoms with Crippen LogP contribution in [0.25, 0.3) is 11.0 Å². The molecule has 2 N–H and O–H groups in total. The van der Waals surface area contributed by atoms with E-state index in [1.165, 1.54) is 0 Å². The molecule has 0 bridgehead atoms. The summed E-state index contributed by atoms with van der Waals surface area (Å²) in [4.78, 5) is 23.4. The van der Waals surface area contributed by atoms with Crippen LogP contribution in [-0.4, -0.2) is 35.1 Å². The van der Waals surface area contributed by atoms with E-state index in [2.05, 4.69) is 20.3 Å². The van der Waals surface area contributed by atoms with Gasteiger partial charge in [0.05, 0.1) is 25.3 Å². The molecule has 3 aromatic rings. The van der Waals surface area contributed by atoms with Crippen molar-refractivity contribution in [3.63, 3.8) is 0 Å². The van der Waals surface area contributed by atoms with E-state index in [1.54, 1.807) is 50.7 Å². The maximum Gasteiger partial charge on any atom is 0.292 e. The highest BCUT2D eigenvalue weighted by molar-refractivity contribution is 6.03. The molecular weight excluding hydrogens is 284 g/mol. The molecule has 1 amide bonds. The van der Waals surface area contributed by atoms with Crippen LogP contribution in [0.4, 0.5) is 5.82 Å². The lowest BCUT2D eigenvalue weighted by molar-refractivity contribution is 0.101. The average Bonchev–Trinajstić information content (AvgIpc) is 2.97. The molecular formula is C15H14N4O3. The van der Waals surface area contributed by atoms with Crippen LogP contribution >= 0.6 is 0 Å². The number of nitrogens with zero attached hydrogens (tertiary/aromatic N) is 2. The molecule has 3 rings (SSSR count). The van der Waals surface area contributed by atoms with Crippen molar-refractivity contribution in [2.24, 2.45) is 0 Å². The molecule has 0 spiro atoms. The third kappa shape index (κ3) is 2.56. The van der Waals surface area contributed by atoms with Gasteiger partial charge in [-0.05, 0) is 12.1 Å². The molecule has 1 aromatic carbocycles. The maximum atomic E-state index is 12.2. The number of H-pyrrole nitrogens is 1. The fourth-order valence-electron chi connectivity index (χ4n) is 2.06. The second-order valence-corrected chi connectivity index (χ2v) is 4.48. The summed E-state index contributed by atoms with van der Waals surface area (Å²) in [6.07, 6.45) is 1.60. The van der Waals surface area contributed by atoms with Gasteiger partial charge in [0.2, 0.25) is 0 Å². The van der Waals surface area contributed by atoms with Gasteiger partial charge in [0.15, 0.2) is 17.3 Å². The van der Waals surface area contributed by atoms with E-state index in [1.807, 2.05) is 0 Å². The maximum absolute atomic E-state index is 12.2. The van der Waals surface area contributed by atoms with Crippen LogP contribution in [0, 0.1) is 0 Å². The van der Waals surface area contributed by atoms with Crippen LogP contribution < -0.4 is 14.8 Å². The minimum absolute atomic E-state index is 0.191. The van der Waals surface area contributed by atoms with Crippen molar-refractivity contribution < 1.29 is 14.3 Å². The number of imidazole rings is 1. The summed E-state index contributed by atoms with van der Waals surface area (Å²) in [5.41, 5.74) is 1.30. The molecule has 0 atom stereocenters. The lowest BCUT2D eigenvalue weighted by Gasteiger charge is -2.06. The lowest BCUT2D eigenvalue weighted by Crippen LogP contribution is -2.14. The average molecular weight is 298 g/mol. The molecule has 0 unspecified atom stereocenters. The molecule has 7 heteroatoms. The number of nitrogens with one attached hydrogen (secondary N) is 2. The number of benzene rings is 1. The Kier molecular flexibility index (Phi) is 3.61. The molecule has 0 saturated heterocycles. The zero-order valence-electron chi connectivity index (χ0n) is 12.1. The van der Waals surface area contributed by atoms with Crippen molar-refractivity contribution in [2.45, 2.75) is 0 Å². The highest BCUT2D eigenvalue weighted by atomic mass is 16.5. The summed E-state index contributed by atoms with van der Waals surface area (Å²) in [6, 6.07) is 8.71. The summed E-state index contributed by atoms with van der Waals surface area (Å²) in [5, 5.41) is 2.67. The summed E-state index contributed by atoms with van der Waals surface area (Å²) in [6.45, 7) is 0. The number of carbonyl (C=O) groups excluding carboxylic acids is 1. The minimum Gasteiger partial charge on any atom is -0.493 e. The number of aromatic nitrogens is 3. The molecule has 0 fully saturated rings. The molecule has 0 radical (unpaired) electrons. The van der Waals surface area contributed by atoms with E-state index < -0.39 is 0 Å². The Bertz CT molecular complexity index is 773. The molecule has 0 aliphatic heterocycles. The van der Waals surface area contributed by atoms with Gasteiger partial charge in [0.25, 0.3) is 5.91 Å². The second kappa shape index (κ2) is 5.72. The van der Waals surface area contributed by atoms with Gasteiger partial charge in [0.1, 0.15) is 5.82 Å². The monoisotopic (exact) mass is 298 g/mol. The number of amides is 1. The van der Waals surface area contributed by atoms with Crippen LogP contribution in [0.5, 0.6) is 11.5 Å². The van der Waals surface area contributed by atoms with Crippen molar-refractivity contribution in [3.05, 3.63) is 42.4 Å². The molecule has 0 aliphatic carbocycles. The fourth-order valence-corrected chi connectivity index (χ4v) is 2.06. The van der Waals surface area contributed by atoms with Gasteiger partial charge in [-0.2, -0.15) is 0 Å². The quantitative estimate of drug-likeness (QED) is 0.771. The Morgan fingerprint density at radius 3 is 2.64 bits per heavy atom. The summed E-state index contributed by atoms with van der Waals surface area (Å²) >= 11 is 0. The summed E-state index contributed by atoms with van der Waals surface area (Å²) in [7, 11) is 3.10. The number of fused-ring (bicyclic) bond motifs is 1. The smallest absolute Gasteiger partial charge is 0.292 e. The first-order valence-corrected chi connectivity index (χ1v) is 6.55. The van der Waals surface area contributed by atoms with Crippen molar-refractivity contribution in [1.82, 2.24) is 15.0 Å². The predicted molar refractivity (Wildman–Crippen MR) is 81.4 cm³/mol. The molecule has 112 valence electrons. The van der Waals surface area contributed by atoms with Gasteiger partial charge in [0, 0.05) is 18.3 Å². The molecule has 0 aliphatic rings. The Labute approximate surface area is 126 Å². The number of rotatable bonds is 4. The standard InChI is InChI=1S/C15H14N4O3/c1-21-11-7-9-10(8-12(11)22-2)18-14(17-9)15(20)19-13-5-3-4-6-16-13/h3-8H,1-2H3,(H,17,18)(H,16,19,20). The van der Waals surface area contributed by atoms with Crippen LogP contribution in [-0.2, 0) is 0 Å². The first-order chi connectivity index (χ1) is 10.7. The second-order valence-electron chi connectivity index (χ2n) is 4.48. The van der Waals surface area contributed by atoms with E-state index in [9.17, 15) is 4.79 Å². The zero-order valence-corrected chi connectivity index (χ0v) is 12.1. The number of anilines is 1. The number of ether oxygens (including phenoxy) is 2. The van der Waals surface area contributed by atoms with Gasteiger partial charge in [-0.3, -0.25) is 4.79 Å². The van der Waals surface area contributed by atoms with Gasteiger partial charge in [-0.1, -0.05) is 6.07 Å². The van der Waals surface area contributed by atoms with Crippen LogP contribution in [0.2, 0.25) is 0 Å². The number of hydrogen-bond acceptors (Lipinski definition) is 5. The van der Waals surface area contributed by atoms with Gasteiger partial charge < -0.3 is 19.8 Å². The van der Waals surface area contributed by atoms with E-state index in [0.29, 0.717) is 28.4 Å². The highest BCUT2D eigenvalue weighted by Gasteiger charge is 2.15. The van der Waals surface area contributed by atoms with Crippen molar-refractivity contribution in [3.8, 4) is 11.5 Å². The summed E-state index contributed by atoms with van der Waals surface area (Å²) < 4.78 is 10.4. The first kappa shape index (κ1) is 13.9. The fraction of sp³-hybridized carbons (Fsp3) is 0.133. The highest BCUT2D eigenvalue weighted by Crippen LogP contribution is 2.31. The Balaban J connectivity index is 1.93. The molecule has 0 saturated carbocycles. The number of pyridine rings is 1. The van der Waals surface area contributed by atoms with Gasteiger partial charge in [-0.15, -0.1) is 0 Å². The summed E-state index contributed by atoms with van der Waals surface area (Å²) in [5.74, 6) is 1.40. The SMILES string of the molecule is COc1cc2nc(C(=O)Nc3ccccn3)[nH]c2cc1OC. The largest absolute Gasteiger partial charge is 0.493 e. The van der Waals surface area contributed by atoms with E-state index in [-0.39, 0.29) is 11.7 Å². The third-order valence-electron chi connectivity index (χ3n) is 3.11. The van der Waals surface area contributed by atoms with Crippen LogP contribution in [0.3, 0.4) is 0 Å². The molecule has 7 nitrogen and oxygen atoms in total. The van der Waals surface area contributed by atoms with Crippen LogP contribution in [0.15, 0.2) is 36.5 Å². The number of aromatic amines is 1. The topological polar surface area (TPSA) is 89.1 Å². The van der Waals surface area contributed by atoms with Gasteiger partial charge in [-0.25, -0.2) is 9.97 Å². The predicted octanol–water partition coefficient (Wildman–Crippen LogP) is 2.23. The lowest BCUT2D eigenvalue weighted by atomic mass is 10.3. The number of methoxy groups -OCH3 is 2. The van der Waals surface area contributed by atoms with Gasteiger partial charge >= 0.3 is 0 Å². The van der Waals surface area contributed by atoms with Crippen molar-refractivity contribution in [1.29, 1.82) is 0 Å². The third-order valence-corrected chi connectivity index (χ3v) is 3.11. The van der Waals surface area contributed by atoms with Crippen molar-refractivity contribution >= 4 is 22.8 Å². The number of carbonyl (C=O) groups is 1. The minimum atomic E-state index is -0.368. The molecule has 2 aromatic heterocycles. The van der Waals surface area contributed by atoms with E-state index >= 15 is 0 Å². The normalized spacial score (nSPS) is 10.5. The number of hydrogen-bond donors (Lipinski definition) is 2. The Morgan fingerprint density at radius 2 is 1.95 bits per heavy atom. The van der Waals surface area contributed by atoms with E-state index in [4.69, 9.17) is 9.47 Å². The van der Waals surface area contributed by atoms with Crippen molar-refractivity contribution in [2.75, 3.05) is 19.5 Å².